The highest BCUT2D eigenvalue weighted by Crippen LogP contribution is 2.24. The largest absolute Gasteiger partial charge is 0.483 e. The third-order valence-corrected chi connectivity index (χ3v) is 4.68. The van der Waals surface area contributed by atoms with Crippen LogP contribution in [0.2, 0.25) is 0 Å². The minimum Gasteiger partial charge on any atom is -0.483 e. The van der Waals surface area contributed by atoms with Crippen molar-refractivity contribution in [2.45, 2.75) is 19.4 Å². The first-order valence-electron chi connectivity index (χ1n) is 9.14. The first kappa shape index (κ1) is 19.5. The minimum absolute atomic E-state index is 0.0364. The first-order chi connectivity index (χ1) is 13.7. The van der Waals surface area contributed by atoms with Gasteiger partial charge in [-0.25, -0.2) is 0 Å². The fraction of sp³-hybridized carbons (Fsp3) is 0.300. The quantitative estimate of drug-likeness (QED) is 0.671. The molecule has 3 aromatic rings. The Labute approximate surface area is 162 Å². The van der Waals surface area contributed by atoms with Gasteiger partial charge in [0.1, 0.15) is 0 Å². The molecule has 0 saturated carbocycles. The zero-order chi connectivity index (χ0) is 19.9. The van der Waals surface area contributed by atoms with Crippen molar-refractivity contribution in [2.24, 2.45) is 0 Å². The smallest absolute Gasteiger partial charge is 0.292 e. The van der Waals surface area contributed by atoms with Crippen LogP contribution < -0.4 is 5.32 Å². The molecular weight excluding hydrogens is 358 g/mol. The summed E-state index contributed by atoms with van der Waals surface area (Å²) in [4.78, 5) is 23.0. The molecular formula is C20H23N5O3. The summed E-state index contributed by atoms with van der Waals surface area (Å²) in [7, 11) is 1.94. The van der Waals surface area contributed by atoms with E-state index in [4.69, 9.17) is 9.90 Å². The van der Waals surface area contributed by atoms with Crippen LogP contribution in [-0.4, -0.2) is 57.1 Å². The predicted molar refractivity (Wildman–Crippen MR) is 105 cm³/mol. The number of rotatable bonds is 4. The molecule has 3 heterocycles. The Morgan fingerprint density at radius 3 is 2.61 bits per heavy atom. The molecule has 1 amide bonds. The van der Waals surface area contributed by atoms with Crippen LogP contribution in [0.1, 0.15) is 29.0 Å². The van der Waals surface area contributed by atoms with Gasteiger partial charge in [0.25, 0.3) is 12.4 Å². The van der Waals surface area contributed by atoms with Gasteiger partial charge in [-0.3, -0.25) is 14.0 Å². The highest BCUT2D eigenvalue weighted by molar-refractivity contribution is 5.91. The van der Waals surface area contributed by atoms with E-state index in [9.17, 15) is 4.79 Å². The van der Waals surface area contributed by atoms with Gasteiger partial charge in [-0.1, -0.05) is 24.3 Å². The molecule has 0 spiro atoms. The topological polar surface area (TPSA) is 99.8 Å². The Kier molecular flexibility index (Phi) is 6.33. The zero-order valence-corrected chi connectivity index (χ0v) is 15.7. The minimum atomic E-state index is -0.250. The molecule has 0 radical (unpaired) electrons. The maximum absolute atomic E-state index is 12.7. The molecule has 1 aliphatic rings. The summed E-state index contributed by atoms with van der Waals surface area (Å²) in [5.41, 5.74) is 4.10. The molecule has 8 nitrogen and oxygen atoms in total. The van der Waals surface area contributed by atoms with Crippen molar-refractivity contribution in [1.29, 1.82) is 0 Å². The molecule has 1 saturated heterocycles. The number of nitrogens with one attached hydrogen (secondary N) is 1. The lowest BCUT2D eigenvalue weighted by Gasteiger charge is -2.14. The second-order valence-electron chi connectivity index (χ2n) is 6.46. The monoisotopic (exact) mass is 381 g/mol. The summed E-state index contributed by atoms with van der Waals surface area (Å²) in [6, 6.07) is 12.2. The molecule has 0 aliphatic carbocycles. The molecule has 1 aromatic carbocycles. The number of pyridine rings is 1. The Hall–Kier alpha value is -3.26. The number of hydrogen-bond acceptors (Lipinski definition) is 5. The lowest BCUT2D eigenvalue weighted by atomic mass is 10.0. The van der Waals surface area contributed by atoms with Crippen LogP contribution >= 0.6 is 0 Å². The van der Waals surface area contributed by atoms with E-state index in [-0.39, 0.29) is 12.4 Å². The summed E-state index contributed by atoms with van der Waals surface area (Å²) in [6.07, 6.45) is 4.09. The standard InChI is InChI=1S/C19H21N5O.CH2O2/c1-20-12-14-6-2-3-7-16(14)15-8-9-17-21-22-18(24(17)13-15)19(25)23-10-4-5-11-23;2-1-3/h2-3,6-9,13,20H,4-5,10-12H2,1H3;1H,(H,2,3). The molecule has 4 rings (SSSR count). The van der Waals surface area contributed by atoms with E-state index >= 15 is 0 Å². The Morgan fingerprint density at radius 2 is 1.89 bits per heavy atom. The SMILES string of the molecule is CNCc1ccccc1-c1ccc2nnc(C(=O)N3CCCC3)n2c1.O=CO. The van der Waals surface area contributed by atoms with E-state index < -0.39 is 0 Å². The number of benzene rings is 1. The van der Waals surface area contributed by atoms with E-state index in [1.54, 1.807) is 0 Å². The lowest BCUT2D eigenvalue weighted by molar-refractivity contribution is -0.122. The number of carbonyl (C=O) groups excluding carboxylic acids is 1. The van der Waals surface area contributed by atoms with Crippen molar-refractivity contribution in [2.75, 3.05) is 20.1 Å². The van der Waals surface area contributed by atoms with E-state index in [1.807, 2.05) is 46.8 Å². The fourth-order valence-corrected chi connectivity index (χ4v) is 3.40. The van der Waals surface area contributed by atoms with Crippen LogP contribution in [0.3, 0.4) is 0 Å². The summed E-state index contributed by atoms with van der Waals surface area (Å²) in [5, 5.41) is 18.4. The van der Waals surface area contributed by atoms with E-state index in [0.29, 0.717) is 11.5 Å². The number of fused-ring (bicyclic) bond motifs is 1. The van der Waals surface area contributed by atoms with Gasteiger partial charge < -0.3 is 15.3 Å². The van der Waals surface area contributed by atoms with Crippen molar-refractivity contribution in [1.82, 2.24) is 24.8 Å². The van der Waals surface area contributed by atoms with Crippen LogP contribution in [0, 0.1) is 0 Å². The first-order valence-corrected chi connectivity index (χ1v) is 9.14. The number of carbonyl (C=O) groups is 2. The number of likely N-dealkylation sites (tertiary alicyclic amines) is 1. The van der Waals surface area contributed by atoms with Crippen molar-refractivity contribution in [3.05, 3.63) is 54.0 Å². The summed E-state index contributed by atoms with van der Waals surface area (Å²) < 4.78 is 1.81. The fourth-order valence-electron chi connectivity index (χ4n) is 3.40. The second kappa shape index (κ2) is 9.09. The summed E-state index contributed by atoms with van der Waals surface area (Å²) in [5.74, 6) is 0.357. The third kappa shape index (κ3) is 4.01. The molecule has 146 valence electrons. The number of hydrogen-bond donors (Lipinski definition) is 2. The maximum atomic E-state index is 12.7. The Bertz CT molecular complexity index is 963. The predicted octanol–water partition coefficient (Wildman–Crippen LogP) is 2.05. The molecule has 2 aromatic heterocycles. The second-order valence-corrected chi connectivity index (χ2v) is 6.46. The molecule has 0 bridgehead atoms. The highest BCUT2D eigenvalue weighted by atomic mass is 16.3. The number of nitrogens with zero attached hydrogens (tertiary/aromatic N) is 4. The number of aromatic nitrogens is 3. The average Bonchev–Trinajstić information content (AvgIpc) is 3.38. The van der Waals surface area contributed by atoms with Gasteiger partial charge in [0.15, 0.2) is 5.65 Å². The van der Waals surface area contributed by atoms with Crippen LogP contribution in [0.4, 0.5) is 0 Å². The van der Waals surface area contributed by atoms with Gasteiger partial charge in [0.2, 0.25) is 5.82 Å². The van der Waals surface area contributed by atoms with Gasteiger partial charge in [-0.15, -0.1) is 10.2 Å². The van der Waals surface area contributed by atoms with E-state index in [0.717, 1.165) is 43.6 Å². The highest BCUT2D eigenvalue weighted by Gasteiger charge is 2.24. The Balaban J connectivity index is 0.000000706. The van der Waals surface area contributed by atoms with Crippen LogP contribution in [0.5, 0.6) is 0 Å². The average molecular weight is 381 g/mol. The molecule has 2 N–H and O–H groups in total. The van der Waals surface area contributed by atoms with Gasteiger partial charge in [-0.05, 0) is 48.7 Å². The Morgan fingerprint density at radius 1 is 1.18 bits per heavy atom. The maximum Gasteiger partial charge on any atom is 0.292 e. The lowest BCUT2D eigenvalue weighted by Crippen LogP contribution is -2.29. The number of amides is 1. The van der Waals surface area contributed by atoms with Gasteiger partial charge in [0, 0.05) is 25.8 Å². The molecule has 1 aliphatic heterocycles. The van der Waals surface area contributed by atoms with E-state index in [2.05, 4.69) is 27.6 Å². The molecule has 0 unspecified atom stereocenters. The van der Waals surface area contributed by atoms with Gasteiger partial charge >= 0.3 is 0 Å². The van der Waals surface area contributed by atoms with Crippen LogP contribution in [0.25, 0.3) is 16.8 Å². The molecule has 0 atom stereocenters. The molecule has 8 heteroatoms. The summed E-state index contributed by atoms with van der Waals surface area (Å²) >= 11 is 0. The van der Waals surface area contributed by atoms with Gasteiger partial charge in [-0.2, -0.15) is 0 Å². The van der Waals surface area contributed by atoms with Gasteiger partial charge in [0.05, 0.1) is 0 Å². The van der Waals surface area contributed by atoms with E-state index in [1.165, 1.54) is 5.56 Å². The summed E-state index contributed by atoms with van der Waals surface area (Å²) in [6.45, 7) is 2.15. The molecule has 28 heavy (non-hydrogen) atoms. The van der Waals surface area contributed by atoms with Crippen LogP contribution in [0.15, 0.2) is 42.6 Å². The van der Waals surface area contributed by atoms with Crippen LogP contribution in [-0.2, 0) is 11.3 Å². The van der Waals surface area contributed by atoms with Crippen molar-refractivity contribution in [3.63, 3.8) is 0 Å². The number of carboxylic acid groups (broad SMARTS) is 1. The van der Waals surface area contributed by atoms with Crippen molar-refractivity contribution >= 4 is 18.0 Å². The van der Waals surface area contributed by atoms with Crippen molar-refractivity contribution < 1.29 is 14.7 Å². The van der Waals surface area contributed by atoms with Crippen molar-refractivity contribution in [3.8, 4) is 11.1 Å². The third-order valence-electron chi connectivity index (χ3n) is 4.68. The normalized spacial score (nSPS) is 13.2. The zero-order valence-electron chi connectivity index (χ0n) is 15.7. The molecule has 1 fully saturated rings.